The van der Waals surface area contributed by atoms with E-state index in [0.717, 1.165) is 0 Å². The number of aliphatic hydroxyl groups is 1. The molecule has 74 valence electrons. The van der Waals surface area contributed by atoms with Crippen LogP contribution in [0.5, 0.6) is 0 Å². The van der Waals surface area contributed by atoms with Crippen LogP contribution in [0.15, 0.2) is 12.4 Å². The molecule has 0 aliphatic heterocycles. The summed E-state index contributed by atoms with van der Waals surface area (Å²) in [5.41, 5.74) is 0.502. The summed E-state index contributed by atoms with van der Waals surface area (Å²) in [5, 5.41) is 13.5. The van der Waals surface area contributed by atoms with E-state index >= 15 is 0 Å². The van der Waals surface area contributed by atoms with Gasteiger partial charge in [0, 0.05) is 18.3 Å². The highest BCUT2D eigenvalue weighted by Gasteiger charge is 2.32. The van der Waals surface area contributed by atoms with Crippen molar-refractivity contribution < 1.29 is 5.11 Å². The summed E-state index contributed by atoms with van der Waals surface area (Å²) >= 11 is 16.5. The first-order chi connectivity index (χ1) is 5.95. The normalized spacial score (nSPS) is 14.5. The molecule has 13 heavy (non-hydrogen) atoms. The first kappa shape index (κ1) is 11.1. The highest BCUT2D eigenvalue weighted by molar-refractivity contribution is 6.67. The van der Waals surface area contributed by atoms with Crippen molar-refractivity contribution in [2.75, 3.05) is 0 Å². The smallest absolute Gasteiger partial charge is 0.220 e. The minimum Gasteiger partial charge on any atom is -0.384 e. The van der Waals surface area contributed by atoms with Gasteiger partial charge in [-0.2, -0.15) is 5.10 Å². The lowest BCUT2D eigenvalue weighted by atomic mass is 10.2. The van der Waals surface area contributed by atoms with Crippen LogP contribution >= 0.6 is 34.8 Å². The van der Waals surface area contributed by atoms with Crippen molar-refractivity contribution in [3.63, 3.8) is 0 Å². The molecular formula is C7H9Cl3N2O. The molecule has 0 aliphatic carbocycles. The average Bonchev–Trinajstić information content (AvgIpc) is 2.48. The fourth-order valence-corrected chi connectivity index (χ4v) is 1.26. The van der Waals surface area contributed by atoms with E-state index in [9.17, 15) is 5.11 Å². The quantitative estimate of drug-likeness (QED) is 0.810. The molecule has 0 spiro atoms. The van der Waals surface area contributed by atoms with Gasteiger partial charge in [0.1, 0.15) is 6.10 Å². The predicted molar refractivity (Wildman–Crippen MR) is 53.2 cm³/mol. The molecule has 6 heteroatoms. The minimum atomic E-state index is -1.71. The van der Waals surface area contributed by atoms with E-state index in [4.69, 9.17) is 34.8 Å². The highest BCUT2D eigenvalue weighted by atomic mass is 35.6. The molecule has 0 aliphatic rings. The Morgan fingerprint density at radius 3 is 2.62 bits per heavy atom. The van der Waals surface area contributed by atoms with Gasteiger partial charge in [0.05, 0.1) is 6.20 Å². The third-order valence-electron chi connectivity index (χ3n) is 1.60. The molecule has 1 aromatic heterocycles. The summed E-state index contributed by atoms with van der Waals surface area (Å²) in [4.78, 5) is 0. The summed E-state index contributed by atoms with van der Waals surface area (Å²) in [6, 6.07) is 0. The first-order valence-corrected chi connectivity index (χ1v) is 4.85. The maximum absolute atomic E-state index is 9.52. The molecule has 0 fully saturated rings. The van der Waals surface area contributed by atoms with Crippen molar-refractivity contribution in [1.82, 2.24) is 9.78 Å². The average molecular weight is 244 g/mol. The van der Waals surface area contributed by atoms with Gasteiger partial charge in [-0.25, -0.2) is 0 Å². The first-order valence-electron chi connectivity index (χ1n) is 3.72. The molecule has 0 aromatic carbocycles. The maximum Gasteiger partial charge on any atom is 0.220 e. The van der Waals surface area contributed by atoms with Crippen LogP contribution in [-0.4, -0.2) is 18.7 Å². The van der Waals surface area contributed by atoms with Crippen LogP contribution in [0.3, 0.4) is 0 Å². The Morgan fingerprint density at radius 1 is 1.62 bits per heavy atom. The van der Waals surface area contributed by atoms with Gasteiger partial charge in [-0.3, -0.25) is 4.68 Å². The second kappa shape index (κ2) is 4.05. The van der Waals surface area contributed by atoms with Crippen LogP contribution in [0.4, 0.5) is 0 Å². The topological polar surface area (TPSA) is 38.0 Å². The van der Waals surface area contributed by atoms with Crippen LogP contribution < -0.4 is 0 Å². The second-order valence-electron chi connectivity index (χ2n) is 2.57. The van der Waals surface area contributed by atoms with Crippen molar-refractivity contribution >= 4 is 34.8 Å². The van der Waals surface area contributed by atoms with Gasteiger partial charge in [-0.1, -0.05) is 34.8 Å². The Labute approximate surface area is 91.2 Å². The second-order valence-corrected chi connectivity index (χ2v) is 4.94. The summed E-state index contributed by atoms with van der Waals surface area (Å²) < 4.78 is -0.0590. The Bertz CT molecular complexity index is 282. The third kappa shape index (κ3) is 2.74. The minimum absolute atomic E-state index is 0.502. The van der Waals surface area contributed by atoms with Crippen molar-refractivity contribution in [3.8, 4) is 0 Å². The zero-order valence-corrected chi connectivity index (χ0v) is 9.18. The van der Waals surface area contributed by atoms with E-state index in [-0.39, 0.29) is 0 Å². The Kier molecular flexibility index (Phi) is 3.46. The number of hydrogen-bond donors (Lipinski definition) is 1. The maximum atomic E-state index is 9.52. The molecule has 1 rings (SSSR count). The zero-order valence-electron chi connectivity index (χ0n) is 6.91. The number of alkyl halides is 3. The molecule has 0 bridgehead atoms. The fraction of sp³-hybridized carbons (Fsp3) is 0.571. The van der Waals surface area contributed by atoms with Gasteiger partial charge in [0.25, 0.3) is 0 Å². The summed E-state index contributed by atoms with van der Waals surface area (Å²) in [7, 11) is 0. The molecule has 1 aromatic rings. The number of aryl methyl sites for hydroxylation is 1. The van der Waals surface area contributed by atoms with E-state index in [1.165, 1.54) is 6.20 Å². The third-order valence-corrected chi connectivity index (χ3v) is 2.22. The number of nitrogens with zero attached hydrogens (tertiary/aromatic N) is 2. The molecular weight excluding hydrogens is 234 g/mol. The lowest BCUT2D eigenvalue weighted by molar-refractivity contribution is 0.182. The van der Waals surface area contributed by atoms with E-state index in [1.54, 1.807) is 10.9 Å². The molecule has 0 saturated carbocycles. The standard InChI is InChI=1S/C7H9Cl3N2O/c1-2-12-4-5(3-11-12)6(13)7(8,9)10/h3-4,6,13H,2H2,1H3/t6-/m0/s1. The van der Waals surface area contributed by atoms with Crippen molar-refractivity contribution in [2.45, 2.75) is 23.4 Å². The van der Waals surface area contributed by atoms with Crippen LogP contribution in [0.1, 0.15) is 18.6 Å². The number of hydrogen-bond acceptors (Lipinski definition) is 2. The predicted octanol–water partition coefficient (Wildman–Crippen LogP) is 2.31. The highest BCUT2D eigenvalue weighted by Crippen LogP contribution is 2.39. The number of rotatable bonds is 2. The Hall–Kier alpha value is 0.0400. The van der Waals surface area contributed by atoms with Crippen molar-refractivity contribution in [3.05, 3.63) is 18.0 Å². The molecule has 0 unspecified atom stereocenters. The summed E-state index contributed by atoms with van der Waals surface area (Å²) in [6.07, 6.45) is 1.99. The van der Waals surface area contributed by atoms with Gasteiger partial charge in [-0.15, -0.1) is 0 Å². The molecule has 0 radical (unpaired) electrons. The molecule has 1 heterocycles. The fourth-order valence-electron chi connectivity index (χ4n) is 0.883. The van der Waals surface area contributed by atoms with Gasteiger partial charge in [0.15, 0.2) is 0 Å². The number of aliphatic hydroxyl groups excluding tert-OH is 1. The Morgan fingerprint density at radius 2 is 2.23 bits per heavy atom. The van der Waals surface area contributed by atoms with Gasteiger partial charge in [-0.05, 0) is 6.92 Å². The largest absolute Gasteiger partial charge is 0.384 e. The molecule has 0 amide bonds. The number of halogens is 3. The SMILES string of the molecule is CCn1cc([C@H](O)C(Cl)(Cl)Cl)cn1. The monoisotopic (exact) mass is 242 g/mol. The van der Waals surface area contributed by atoms with Crippen LogP contribution in [0, 0.1) is 0 Å². The summed E-state index contributed by atoms with van der Waals surface area (Å²) in [5.74, 6) is 0. The molecule has 3 nitrogen and oxygen atoms in total. The lowest BCUT2D eigenvalue weighted by Gasteiger charge is -2.16. The molecule has 1 atom stereocenters. The van der Waals surface area contributed by atoms with Crippen LogP contribution in [0.25, 0.3) is 0 Å². The van der Waals surface area contributed by atoms with E-state index < -0.39 is 9.90 Å². The summed E-state index contributed by atoms with van der Waals surface area (Å²) in [6.45, 7) is 2.64. The van der Waals surface area contributed by atoms with Gasteiger partial charge < -0.3 is 5.11 Å². The van der Waals surface area contributed by atoms with Gasteiger partial charge >= 0.3 is 0 Å². The van der Waals surface area contributed by atoms with Crippen LogP contribution in [0.2, 0.25) is 0 Å². The van der Waals surface area contributed by atoms with Crippen molar-refractivity contribution in [1.29, 1.82) is 0 Å². The zero-order chi connectivity index (χ0) is 10.1. The van der Waals surface area contributed by atoms with E-state index in [0.29, 0.717) is 12.1 Å². The lowest BCUT2D eigenvalue weighted by Crippen LogP contribution is -2.15. The van der Waals surface area contributed by atoms with Crippen molar-refractivity contribution in [2.24, 2.45) is 0 Å². The van der Waals surface area contributed by atoms with Gasteiger partial charge in [0.2, 0.25) is 3.79 Å². The van der Waals surface area contributed by atoms with E-state index in [1.807, 2.05) is 6.92 Å². The molecule has 0 saturated heterocycles. The van der Waals surface area contributed by atoms with Crippen LogP contribution in [-0.2, 0) is 6.54 Å². The number of aromatic nitrogens is 2. The van der Waals surface area contributed by atoms with E-state index in [2.05, 4.69) is 5.10 Å². The molecule has 1 N–H and O–H groups in total. The Balaban J connectivity index is 2.83.